The molecular weight excluding hydrogens is 364 g/mol. The molecule has 9 heteroatoms. The lowest BCUT2D eigenvalue weighted by Crippen LogP contribution is -2.59. The Hall–Kier alpha value is -1.12. The summed E-state index contributed by atoms with van der Waals surface area (Å²) in [5, 5.41) is 7.18. The van der Waals surface area contributed by atoms with Crippen LogP contribution in [0.2, 0.25) is 0 Å². The lowest BCUT2D eigenvalue weighted by molar-refractivity contribution is -0.134. The van der Waals surface area contributed by atoms with Gasteiger partial charge in [-0.05, 0) is 19.9 Å². The Kier molecular flexibility index (Phi) is 6.17. The highest BCUT2D eigenvalue weighted by molar-refractivity contribution is 7.92. The summed E-state index contributed by atoms with van der Waals surface area (Å²) in [6.07, 6.45) is 7.79. The molecular formula is C16H27ClN4O3S. The second-order valence-electron chi connectivity index (χ2n) is 6.99. The van der Waals surface area contributed by atoms with Gasteiger partial charge in [0, 0.05) is 31.9 Å². The summed E-state index contributed by atoms with van der Waals surface area (Å²) < 4.78 is 26.3. The van der Waals surface area contributed by atoms with Crippen LogP contribution in [-0.4, -0.2) is 59.6 Å². The Balaban J connectivity index is 0.00000225. The summed E-state index contributed by atoms with van der Waals surface area (Å²) >= 11 is 0. The number of rotatable bonds is 3. The van der Waals surface area contributed by atoms with Crippen molar-refractivity contribution in [2.45, 2.75) is 42.9 Å². The number of amides is 1. The third-order valence-corrected chi connectivity index (χ3v) is 8.02. The molecule has 2 fully saturated rings. The summed E-state index contributed by atoms with van der Waals surface area (Å²) in [6, 6.07) is -0.486. The summed E-state index contributed by atoms with van der Waals surface area (Å²) in [5.41, 5.74) is 0.802. The molecule has 1 amide bonds. The predicted octanol–water partition coefficient (Wildman–Crippen LogP) is 1.06. The smallest absolute Gasteiger partial charge is 0.244 e. The van der Waals surface area contributed by atoms with Gasteiger partial charge in [0.15, 0.2) is 9.84 Å². The highest BCUT2D eigenvalue weighted by Crippen LogP contribution is 2.39. The third kappa shape index (κ3) is 3.71. The van der Waals surface area contributed by atoms with E-state index in [0.717, 1.165) is 24.8 Å². The average Bonchev–Trinajstić information content (AvgIpc) is 2.98. The number of hydrogen-bond acceptors (Lipinski definition) is 5. The summed E-state index contributed by atoms with van der Waals surface area (Å²) in [7, 11) is 0.417. The van der Waals surface area contributed by atoms with Crippen LogP contribution in [0.1, 0.15) is 43.7 Å². The molecule has 1 atom stereocenters. The van der Waals surface area contributed by atoms with Gasteiger partial charge in [-0.1, -0.05) is 19.3 Å². The average molecular weight is 391 g/mol. The van der Waals surface area contributed by atoms with Crippen molar-refractivity contribution in [1.29, 1.82) is 0 Å². The Bertz CT molecular complexity index is 713. The van der Waals surface area contributed by atoms with E-state index in [1.165, 1.54) is 0 Å². The number of sulfone groups is 1. The molecule has 1 aromatic heterocycles. The predicted molar refractivity (Wildman–Crippen MR) is 98.4 cm³/mol. The van der Waals surface area contributed by atoms with Crippen LogP contribution >= 0.6 is 12.4 Å². The first-order chi connectivity index (χ1) is 11.4. The fourth-order valence-corrected chi connectivity index (χ4v) is 6.19. The van der Waals surface area contributed by atoms with Gasteiger partial charge in [-0.15, -0.1) is 12.4 Å². The van der Waals surface area contributed by atoms with E-state index >= 15 is 0 Å². The maximum atomic E-state index is 13.0. The molecule has 1 aromatic rings. The summed E-state index contributed by atoms with van der Waals surface area (Å²) in [5.74, 6) is 0.00715. The van der Waals surface area contributed by atoms with Crippen LogP contribution in [0.3, 0.4) is 0 Å². The molecule has 1 spiro atoms. The van der Waals surface area contributed by atoms with Gasteiger partial charge < -0.3 is 10.2 Å². The zero-order chi connectivity index (χ0) is 17.4. The van der Waals surface area contributed by atoms with Gasteiger partial charge in [-0.2, -0.15) is 5.10 Å². The monoisotopic (exact) mass is 390 g/mol. The van der Waals surface area contributed by atoms with Gasteiger partial charge in [0.25, 0.3) is 0 Å². The van der Waals surface area contributed by atoms with E-state index in [1.807, 2.05) is 13.2 Å². The standard InChI is InChI=1S/C16H26N4O3S.ClH/c1-17-14(13-10-18-19(2)11-13)15(21)20-8-9-24(22,23)16(12-20)6-4-3-5-7-16;/h10-11,14,17H,3-9,12H2,1-2H3;1H. The first kappa shape index (κ1) is 20.2. The van der Waals surface area contributed by atoms with Gasteiger partial charge in [0.1, 0.15) is 6.04 Å². The second-order valence-corrected chi connectivity index (χ2v) is 9.50. The fraction of sp³-hybridized carbons (Fsp3) is 0.750. The van der Waals surface area contributed by atoms with Crippen molar-refractivity contribution >= 4 is 28.2 Å². The van der Waals surface area contributed by atoms with Gasteiger partial charge in [0.2, 0.25) is 5.91 Å². The van der Waals surface area contributed by atoms with Crippen molar-refractivity contribution in [3.63, 3.8) is 0 Å². The number of aromatic nitrogens is 2. The van der Waals surface area contributed by atoms with Gasteiger partial charge >= 0.3 is 0 Å². The van der Waals surface area contributed by atoms with E-state index in [-0.39, 0.29) is 30.6 Å². The first-order valence-corrected chi connectivity index (χ1v) is 10.2. The Morgan fingerprint density at radius 3 is 2.56 bits per heavy atom. The lowest BCUT2D eigenvalue weighted by Gasteiger charge is -2.45. The van der Waals surface area contributed by atoms with Crippen molar-refractivity contribution in [3.8, 4) is 0 Å². The van der Waals surface area contributed by atoms with Crippen LogP contribution in [0.25, 0.3) is 0 Å². The van der Waals surface area contributed by atoms with Crippen LogP contribution in [0.5, 0.6) is 0 Å². The normalized spacial score (nSPS) is 23.0. The molecule has 1 saturated carbocycles. The van der Waals surface area contributed by atoms with E-state index < -0.39 is 20.6 Å². The first-order valence-electron chi connectivity index (χ1n) is 8.55. The molecule has 2 aliphatic rings. The zero-order valence-electron chi connectivity index (χ0n) is 14.8. The molecule has 1 saturated heterocycles. The van der Waals surface area contributed by atoms with Gasteiger partial charge in [-0.25, -0.2) is 8.42 Å². The molecule has 1 aliphatic heterocycles. The van der Waals surface area contributed by atoms with E-state index in [1.54, 1.807) is 22.8 Å². The topological polar surface area (TPSA) is 84.3 Å². The molecule has 7 nitrogen and oxygen atoms in total. The van der Waals surface area contributed by atoms with E-state index in [4.69, 9.17) is 0 Å². The number of nitrogens with one attached hydrogen (secondary N) is 1. The highest BCUT2D eigenvalue weighted by atomic mass is 35.5. The van der Waals surface area contributed by atoms with Gasteiger partial charge in [-0.3, -0.25) is 9.48 Å². The van der Waals surface area contributed by atoms with E-state index in [0.29, 0.717) is 19.4 Å². The minimum Gasteiger partial charge on any atom is -0.338 e. The minimum atomic E-state index is -3.14. The fourth-order valence-electron chi connectivity index (χ4n) is 4.03. The maximum absolute atomic E-state index is 13.0. The van der Waals surface area contributed by atoms with Crippen molar-refractivity contribution in [3.05, 3.63) is 18.0 Å². The SMILES string of the molecule is CNC(C(=O)N1CCS(=O)(=O)C2(CCCCC2)C1)c1cnn(C)c1.Cl. The molecule has 142 valence electrons. The number of carbonyl (C=O) groups is 1. The zero-order valence-corrected chi connectivity index (χ0v) is 16.4. The summed E-state index contributed by atoms with van der Waals surface area (Å²) in [6.45, 7) is 0.605. The second kappa shape index (κ2) is 7.63. The maximum Gasteiger partial charge on any atom is 0.244 e. The van der Waals surface area contributed by atoms with Crippen LogP contribution in [0.4, 0.5) is 0 Å². The molecule has 0 aromatic carbocycles. The number of likely N-dealkylation sites (N-methyl/N-ethyl adjacent to an activating group) is 1. The molecule has 1 aliphatic carbocycles. The lowest BCUT2D eigenvalue weighted by atomic mass is 9.87. The van der Waals surface area contributed by atoms with Crippen LogP contribution in [0.15, 0.2) is 12.4 Å². The molecule has 0 radical (unpaired) electrons. The Morgan fingerprint density at radius 1 is 1.32 bits per heavy atom. The van der Waals surface area contributed by atoms with Crippen LogP contribution in [0, 0.1) is 0 Å². The van der Waals surface area contributed by atoms with Gasteiger partial charge in [0.05, 0.1) is 16.7 Å². The van der Waals surface area contributed by atoms with Crippen molar-refractivity contribution < 1.29 is 13.2 Å². The molecule has 3 rings (SSSR count). The number of carbonyl (C=O) groups excluding carboxylic acids is 1. The van der Waals surface area contributed by atoms with E-state index in [9.17, 15) is 13.2 Å². The quantitative estimate of drug-likeness (QED) is 0.834. The summed E-state index contributed by atoms with van der Waals surface area (Å²) in [4.78, 5) is 14.7. The van der Waals surface area contributed by atoms with Crippen molar-refractivity contribution in [1.82, 2.24) is 20.0 Å². The number of nitrogens with zero attached hydrogens (tertiary/aromatic N) is 3. The third-order valence-electron chi connectivity index (χ3n) is 5.44. The van der Waals surface area contributed by atoms with E-state index in [2.05, 4.69) is 10.4 Å². The number of hydrogen-bond donors (Lipinski definition) is 1. The van der Waals surface area contributed by atoms with Crippen LogP contribution in [-0.2, 0) is 21.7 Å². The number of aryl methyl sites for hydroxylation is 1. The minimum absolute atomic E-state index is 0. The molecule has 1 N–H and O–H groups in total. The highest BCUT2D eigenvalue weighted by Gasteiger charge is 2.49. The molecule has 0 bridgehead atoms. The molecule has 2 heterocycles. The van der Waals surface area contributed by atoms with Crippen molar-refractivity contribution in [2.75, 3.05) is 25.9 Å². The van der Waals surface area contributed by atoms with Crippen LogP contribution < -0.4 is 5.32 Å². The Labute approximate surface area is 155 Å². The van der Waals surface area contributed by atoms with Crippen molar-refractivity contribution in [2.24, 2.45) is 7.05 Å². The number of halogens is 1. The molecule has 25 heavy (non-hydrogen) atoms. The largest absolute Gasteiger partial charge is 0.338 e. The Morgan fingerprint density at radius 2 is 2.00 bits per heavy atom. The molecule has 1 unspecified atom stereocenters.